The van der Waals surface area contributed by atoms with Crippen LogP contribution < -0.4 is 16.0 Å². The third-order valence-electron chi connectivity index (χ3n) is 5.12. The van der Waals surface area contributed by atoms with Gasteiger partial charge in [-0.1, -0.05) is 55.9 Å². The summed E-state index contributed by atoms with van der Waals surface area (Å²) in [6, 6.07) is 8.91. The second-order valence-electron chi connectivity index (χ2n) is 9.51. The Balaban J connectivity index is 2.87. The van der Waals surface area contributed by atoms with E-state index in [-0.39, 0.29) is 18.2 Å². The second-order valence-corrected chi connectivity index (χ2v) is 10.3. The number of thioether (sulfide) groups is 1. The Kier molecular flexibility index (Phi) is 13.2. The summed E-state index contributed by atoms with van der Waals surface area (Å²) in [6.45, 7) is 9.79. The van der Waals surface area contributed by atoms with Crippen molar-refractivity contribution in [1.82, 2.24) is 16.0 Å². The lowest BCUT2D eigenvalue weighted by molar-refractivity contribution is -0.127. The number of hydrogen-bond acceptors (Lipinski definition) is 7. The molecule has 0 bridgehead atoms. The van der Waals surface area contributed by atoms with E-state index in [9.17, 15) is 14.7 Å². The molecule has 3 atom stereocenters. The van der Waals surface area contributed by atoms with Gasteiger partial charge in [-0.3, -0.25) is 15.1 Å². The number of ether oxygens (including phenoxy) is 1. The van der Waals surface area contributed by atoms with Crippen LogP contribution in [0.5, 0.6) is 0 Å². The largest absolute Gasteiger partial charge is 0.444 e. The molecule has 2 amide bonds. The van der Waals surface area contributed by atoms with Gasteiger partial charge in [0.15, 0.2) is 11.4 Å². The first-order chi connectivity index (χ1) is 16.5. The molecule has 9 nitrogen and oxygen atoms in total. The highest BCUT2D eigenvalue weighted by atomic mass is 32.2. The standard InChI is InChI=1S/C25H39N5O4S/c1-17(2)19(22(32)27-12-13-28-23(35-6)29-16-26)15-21(31)20(14-18-10-8-7-9-11-18)30-24(33)34-25(3,4)5/h7-11,17,19-21,31H,12-15H2,1-6H3,(H,27,32)(H,28,29)(H,30,33)/t19-,20+,21+/m1/s1. The quantitative estimate of drug-likeness (QED) is 0.119. The van der Waals surface area contributed by atoms with Crippen molar-refractivity contribution in [3.8, 4) is 6.19 Å². The molecule has 0 radical (unpaired) electrons. The molecule has 0 aliphatic carbocycles. The maximum atomic E-state index is 12.9. The molecule has 4 N–H and O–H groups in total. The number of amidine groups is 1. The number of rotatable bonds is 11. The SMILES string of the molecule is CSC(=NCCNC(=O)[C@H](C[C@H](O)[C@H](Cc1ccccc1)NC(=O)OC(C)(C)C)C(C)C)NC#N. The number of aliphatic hydroxyl groups excluding tert-OH is 1. The molecule has 0 aliphatic rings. The second kappa shape index (κ2) is 15.3. The monoisotopic (exact) mass is 505 g/mol. The Morgan fingerprint density at radius 1 is 1.23 bits per heavy atom. The molecular weight excluding hydrogens is 466 g/mol. The predicted molar refractivity (Wildman–Crippen MR) is 140 cm³/mol. The van der Waals surface area contributed by atoms with Crippen LogP contribution in [0.15, 0.2) is 35.3 Å². The van der Waals surface area contributed by atoms with Crippen LogP contribution in [0.2, 0.25) is 0 Å². The number of hydrogen-bond donors (Lipinski definition) is 4. The summed E-state index contributed by atoms with van der Waals surface area (Å²) in [7, 11) is 0. The number of carbonyl (C=O) groups excluding carboxylic acids is 2. The van der Waals surface area contributed by atoms with Crippen molar-refractivity contribution in [1.29, 1.82) is 5.26 Å². The first-order valence-electron chi connectivity index (χ1n) is 11.7. The van der Waals surface area contributed by atoms with Crippen molar-refractivity contribution in [2.24, 2.45) is 16.8 Å². The van der Waals surface area contributed by atoms with Crippen LogP contribution in [0, 0.1) is 23.3 Å². The first-order valence-corrected chi connectivity index (χ1v) is 12.9. The van der Waals surface area contributed by atoms with E-state index < -0.39 is 29.8 Å². The molecule has 10 heteroatoms. The number of nitrogens with zero attached hydrogens (tertiary/aromatic N) is 2. The highest BCUT2D eigenvalue weighted by Gasteiger charge is 2.31. The number of aliphatic imine (C=N–C) groups is 1. The zero-order chi connectivity index (χ0) is 26.4. The van der Waals surface area contributed by atoms with Crippen molar-refractivity contribution in [3.63, 3.8) is 0 Å². The van der Waals surface area contributed by atoms with Crippen molar-refractivity contribution in [2.45, 2.75) is 65.2 Å². The van der Waals surface area contributed by atoms with Gasteiger partial charge in [0.2, 0.25) is 5.91 Å². The lowest BCUT2D eigenvalue weighted by Crippen LogP contribution is -2.48. The van der Waals surface area contributed by atoms with E-state index in [1.165, 1.54) is 11.8 Å². The fourth-order valence-corrected chi connectivity index (χ4v) is 3.76. The van der Waals surface area contributed by atoms with Crippen LogP contribution in [0.4, 0.5) is 4.79 Å². The van der Waals surface area contributed by atoms with Gasteiger partial charge in [-0.2, -0.15) is 5.26 Å². The minimum atomic E-state index is -0.971. The van der Waals surface area contributed by atoms with Crippen molar-refractivity contribution < 1.29 is 19.4 Å². The van der Waals surface area contributed by atoms with E-state index >= 15 is 0 Å². The number of amides is 2. The molecule has 0 unspecified atom stereocenters. The van der Waals surface area contributed by atoms with Crippen LogP contribution >= 0.6 is 11.8 Å². The van der Waals surface area contributed by atoms with Gasteiger partial charge in [0.05, 0.1) is 18.7 Å². The highest BCUT2D eigenvalue weighted by Crippen LogP contribution is 2.21. The molecule has 0 saturated carbocycles. The Morgan fingerprint density at radius 3 is 2.43 bits per heavy atom. The summed E-state index contributed by atoms with van der Waals surface area (Å²) in [5, 5.41) is 28.4. The minimum absolute atomic E-state index is 0.0333. The molecule has 1 rings (SSSR count). The van der Waals surface area contributed by atoms with Gasteiger partial charge in [0.1, 0.15) is 5.60 Å². The van der Waals surface area contributed by atoms with Crippen LogP contribution in [-0.2, 0) is 16.0 Å². The zero-order valence-corrected chi connectivity index (χ0v) is 22.3. The summed E-state index contributed by atoms with van der Waals surface area (Å²) in [4.78, 5) is 29.6. The normalized spacial score (nSPS) is 14.4. The number of carbonyl (C=O) groups is 2. The summed E-state index contributed by atoms with van der Waals surface area (Å²) in [6.07, 6.45) is 2.60. The van der Waals surface area contributed by atoms with Crippen molar-refractivity contribution in [3.05, 3.63) is 35.9 Å². The number of aliphatic hydroxyl groups is 1. The van der Waals surface area contributed by atoms with Crippen LogP contribution in [0.25, 0.3) is 0 Å². The molecule has 0 aromatic heterocycles. The average Bonchev–Trinajstić information content (AvgIpc) is 2.77. The topological polar surface area (TPSA) is 136 Å². The molecule has 0 spiro atoms. The predicted octanol–water partition coefficient (Wildman–Crippen LogP) is 3.05. The fraction of sp³-hybridized carbons (Fsp3) is 0.600. The molecule has 194 valence electrons. The summed E-state index contributed by atoms with van der Waals surface area (Å²) >= 11 is 1.31. The van der Waals surface area contributed by atoms with Crippen LogP contribution in [-0.4, -0.2) is 59.4 Å². The Bertz CT molecular complexity index is 865. The van der Waals surface area contributed by atoms with Gasteiger partial charge in [0.25, 0.3) is 0 Å². The third-order valence-corrected chi connectivity index (χ3v) is 5.74. The van der Waals surface area contributed by atoms with Crippen molar-refractivity contribution >= 4 is 28.9 Å². The Hall–Kier alpha value is -2.77. The Morgan fingerprint density at radius 2 is 1.89 bits per heavy atom. The number of alkyl carbamates (subject to hydrolysis) is 1. The molecule has 0 heterocycles. The first kappa shape index (κ1) is 30.3. The lowest BCUT2D eigenvalue weighted by atomic mass is 9.86. The minimum Gasteiger partial charge on any atom is -0.444 e. The summed E-state index contributed by atoms with van der Waals surface area (Å²) in [5.74, 6) is -0.692. The number of nitriles is 1. The third kappa shape index (κ3) is 12.5. The van der Waals surface area contributed by atoms with E-state index in [1.807, 2.05) is 50.4 Å². The van der Waals surface area contributed by atoms with Crippen LogP contribution in [0.3, 0.4) is 0 Å². The van der Waals surface area contributed by atoms with Crippen LogP contribution in [0.1, 0.15) is 46.6 Å². The van der Waals surface area contributed by atoms with Gasteiger partial charge in [-0.15, -0.1) is 0 Å². The van der Waals surface area contributed by atoms with E-state index in [0.717, 1.165) is 5.56 Å². The number of nitrogens with one attached hydrogen (secondary N) is 3. The maximum absolute atomic E-state index is 12.9. The van der Waals surface area contributed by atoms with E-state index in [1.54, 1.807) is 27.0 Å². The van der Waals surface area contributed by atoms with E-state index in [4.69, 9.17) is 10.00 Å². The van der Waals surface area contributed by atoms with E-state index in [0.29, 0.717) is 24.7 Å². The smallest absolute Gasteiger partial charge is 0.407 e. The van der Waals surface area contributed by atoms with Gasteiger partial charge in [0, 0.05) is 12.5 Å². The molecule has 35 heavy (non-hydrogen) atoms. The molecule has 0 aliphatic heterocycles. The van der Waals surface area contributed by atoms with Gasteiger partial charge < -0.3 is 20.5 Å². The molecule has 0 saturated heterocycles. The molecular formula is C25H39N5O4S. The molecule has 0 fully saturated rings. The zero-order valence-electron chi connectivity index (χ0n) is 21.5. The van der Waals surface area contributed by atoms with Gasteiger partial charge >= 0.3 is 6.09 Å². The van der Waals surface area contributed by atoms with E-state index in [2.05, 4.69) is 20.9 Å². The van der Waals surface area contributed by atoms with Gasteiger partial charge in [-0.25, -0.2) is 4.79 Å². The van der Waals surface area contributed by atoms with Crippen molar-refractivity contribution in [2.75, 3.05) is 19.3 Å². The molecule has 1 aromatic rings. The Labute approximate surface area is 213 Å². The average molecular weight is 506 g/mol. The maximum Gasteiger partial charge on any atom is 0.407 e. The number of benzene rings is 1. The molecule has 1 aromatic carbocycles. The highest BCUT2D eigenvalue weighted by molar-refractivity contribution is 8.13. The summed E-state index contributed by atoms with van der Waals surface area (Å²) < 4.78 is 5.39. The summed E-state index contributed by atoms with van der Waals surface area (Å²) in [5.41, 5.74) is 0.278. The fourth-order valence-electron chi connectivity index (χ4n) is 3.39. The van der Waals surface area contributed by atoms with Gasteiger partial charge in [-0.05, 0) is 51.3 Å². The lowest BCUT2D eigenvalue weighted by Gasteiger charge is -2.30.